The Bertz CT molecular complexity index is 833. The number of hydrogen-bond donors (Lipinski definition) is 0. The van der Waals surface area contributed by atoms with E-state index in [1.807, 2.05) is 48.2 Å². The molecule has 0 aliphatic heterocycles. The van der Waals surface area contributed by atoms with Crippen molar-refractivity contribution in [2.45, 2.75) is 27.3 Å². The first-order valence-corrected chi connectivity index (χ1v) is 8.12. The fourth-order valence-corrected chi connectivity index (χ4v) is 3.16. The fourth-order valence-electron chi connectivity index (χ4n) is 3.16. The Morgan fingerprint density at radius 3 is 2.43 bits per heavy atom. The van der Waals surface area contributed by atoms with E-state index in [1.165, 1.54) is 16.6 Å². The second-order valence-electron chi connectivity index (χ2n) is 5.69. The molecule has 0 N–H and O–H groups in total. The standard InChI is InChI=1S/C20H22N2O/c1-4-21-15(3)13-17-14-18(11-12-19(17)21)22(5-2)20(23)16-9-7-6-8-10-16/h6-14H,4-5H2,1-3H3. The zero-order valence-corrected chi connectivity index (χ0v) is 13.9. The van der Waals surface area contributed by atoms with Crippen LogP contribution in [0.1, 0.15) is 29.9 Å². The zero-order valence-electron chi connectivity index (χ0n) is 13.9. The van der Waals surface area contributed by atoms with Gasteiger partial charge in [0.05, 0.1) is 0 Å². The summed E-state index contributed by atoms with van der Waals surface area (Å²) in [6, 6.07) is 17.9. The molecular formula is C20H22N2O. The molecule has 0 radical (unpaired) electrons. The molecule has 0 atom stereocenters. The second-order valence-corrected chi connectivity index (χ2v) is 5.69. The second kappa shape index (κ2) is 6.29. The van der Waals surface area contributed by atoms with Crippen molar-refractivity contribution >= 4 is 22.5 Å². The third kappa shape index (κ3) is 2.74. The monoisotopic (exact) mass is 306 g/mol. The Kier molecular flexibility index (Phi) is 4.20. The Balaban J connectivity index is 2.02. The van der Waals surface area contributed by atoms with Gasteiger partial charge in [-0.05, 0) is 57.2 Å². The van der Waals surface area contributed by atoms with E-state index in [0.717, 1.165) is 17.8 Å². The highest BCUT2D eigenvalue weighted by Crippen LogP contribution is 2.26. The van der Waals surface area contributed by atoms with E-state index < -0.39 is 0 Å². The average molecular weight is 306 g/mol. The number of carbonyl (C=O) groups excluding carboxylic acids is 1. The molecule has 3 rings (SSSR count). The van der Waals surface area contributed by atoms with Crippen LogP contribution in [0.5, 0.6) is 0 Å². The van der Waals surface area contributed by atoms with Gasteiger partial charge in [0.25, 0.3) is 5.91 Å². The van der Waals surface area contributed by atoms with Crippen LogP contribution in [0.15, 0.2) is 54.6 Å². The summed E-state index contributed by atoms with van der Waals surface area (Å²) in [5.74, 6) is 0.0408. The van der Waals surface area contributed by atoms with Crippen LogP contribution >= 0.6 is 0 Å². The van der Waals surface area contributed by atoms with Gasteiger partial charge in [0.15, 0.2) is 0 Å². The molecule has 0 fully saturated rings. The molecule has 0 saturated heterocycles. The third-order valence-electron chi connectivity index (χ3n) is 4.30. The Hall–Kier alpha value is -2.55. The van der Waals surface area contributed by atoms with Gasteiger partial charge in [0.1, 0.15) is 0 Å². The van der Waals surface area contributed by atoms with Crippen LogP contribution in [0.3, 0.4) is 0 Å². The van der Waals surface area contributed by atoms with Crippen LogP contribution in [0.4, 0.5) is 5.69 Å². The van der Waals surface area contributed by atoms with Gasteiger partial charge in [0, 0.05) is 40.9 Å². The van der Waals surface area contributed by atoms with Crippen LogP contribution < -0.4 is 4.90 Å². The van der Waals surface area contributed by atoms with Gasteiger partial charge in [0.2, 0.25) is 0 Å². The van der Waals surface area contributed by atoms with Crippen LogP contribution in [0, 0.1) is 6.92 Å². The van der Waals surface area contributed by atoms with Crippen molar-refractivity contribution in [1.29, 1.82) is 0 Å². The Labute approximate surface area is 137 Å². The molecule has 0 unspecified atom stereocenters. The summed E-state index contributed by atoms with van der Waals surface area (Å²) in [6.45, 7) is 7.88. The van der Waals surface area contributed by atoms with Gasteiger partial charge in [-0.2, -0.15) is 0 Å². The first kappa shape index (κ1) is 15.3. The largest absolute Gasteiger partial charge is 0.345 e. The highest BCUT2D eigenvalue weighted by atomic mass is 16.2. The van der Waals surface area contributed by atoms with Crippen LogP contribution in [0.2, 0.25) is 0 Å². The molecule has 118 valence electrons. The number of anilines is 1. The van der Waals surface area contributed by atoms with Crippen molar-refractivity contribution in [2.24, 2.45) is 0 Å². The van der Waals surface area contributed by atoms with Gasteiger partial charge in [-0.15, -0.1) is 0 Å². The maximum Gasteiger partial charge on any atom is 0.258 e. The first-order chi connectivity index (χ1) is 11.2. The van der Waals surface area contributed by atoms with E-state index in [9.17, 15) is 4.79 Å². The molecule has 3 nitrogen and oxygen atoms in total. The summed E-state index contributed by atoms with van der Waals surface area (Å²) in [5, 5.41) is 1.18. The van der Waals surface area contributed by atoms with Crippen molar-refractivity contribution in [3.8, 4) is 0 Å². The molecule has 1 amide bonds. The minimum atomic E-state index is 0.0408. The number of nitrogens with zero attached hydrogens (tertiary/aromatic N) is 2. The predicted octanol–water partition coefficient (Wildman–Crippen LogP) is 4.64. The lowest BCUT2D eigenvalue weighted by atomic mass is 10.1. The summed E-state index contributed by atoms with van der Waals surface area (Å²) >= 11 is 0. The molecule has 23 heavy (non-hydrogen) atoms. The lowest BCUT2D eigenvalue weighted by molar-refractivity contribution is 0.0988. The highest BCUT2D eigenvalue weighted by Gasteiger charge is 2.16. The summed E-state index contributed by atoms with van der Waals surface area (Å²) in [5.41, 5.74) is 4.13. The molecule has 3 aromatic rings. The zero-order chi connectivity index (χ0) is 16.4. The van der Waals surface area contributed by atoms with Crippen LogP contribution in [-0.2, 0) is 6.54 Å². The van der Waals surface area contributed by atoms with Crippen molar-refractivity contribution in [2.75, 3.05) is 11.4 Å². The Morgan fingerprint density at radius 2 is 1.78 bits per heavy atom. The lowest BCUT2D eigenvalue weighted by Crippen LogP contribution is -2.30. The summed E-state index contributed by atoms with van der Waals surface area (Å²) in [4.78, 5) is 14.6. The maximum atomic E-state index is 12.8. The van der Waals surface area contributed by atoms with Crippen molar-refractivity contribution in [3.63, 3.8) is 0 Å². The molecule has 0 aliphatic rings. The third-order valence-corrected chi connectivity index (χ3v) is 4.30. The van der Waals surface area contributed by atoms with Gasteiger partial charge >= 0.3 is 0 Å². The van der Waals surface area contributed by atoms with Crippen molar-refractivity contribution in [1.82, 2.24) is 4.57 Å². The van der Waals surface area contributed by atoms with Gasteiger partial charge in [-0.1, -0.05) is 18.2 Å². The van der Waals surface area contributed by atoms with Gasteiger partial charge in [-0.25, -0.2) is 0 Å². The summed E-state index contributed by atoms with van der Waals surface area (Å²) in [7, 11) is 0. The molecule has 0 saturated carbocycles. The number of fused-ring (bicyclic) bond motifs is 1. The number of hydrogen-bond acceptors (Lipinski definition) is 1. The van der Waals surface area contributed by atoms with Gasteiger partial charge in [-0.3, -0.25) is 4.79 Å². The van der Waals surface area contributed by atoms with E-state index in [-0.39, 0.29) is 5.91 Å². The lowest BCUT2D eigenvalue weighted by Gasteiger charge is -2.21. The number of aromatic nitrogens is 1. The van der Waals surface area contributed by atoms with E-state index >= 15 is 0 Å². The van der Waals surface area contributed by atoms with E-state index in [2.05, 4.69) is 36.6 Å². The molecular weight excluding hydrogens is 284 g/mol. The highest BCUT2D eigenvalue weighted by molar-refractivity contribution is 6.06. The van der Waals surface area contributed by atoms with Crippen LogP contribution in [-0.4, -0.2) is 17.0 Å². The van der Waals surface area contributed by atoms with Crippen molar-refractivity contribution < 1.29 is 4.79 Å². The number of aryl methyl sites for hydroxylation is 2. The minimum Gasteiger partial charge on any atom is -0.345 e. The maximum absolute atomic E-state index is 12.8. The molecule has 0 bridgehead atoms. The molecule has 0 aliphatic carbocycles. The predicted molar refractivity (Wildman–Crippen MR) is 96.1 cm³/mol. The number of carbonyl (C=O) groups is 1. The molecule has 1 heterocycles. The minimum absolute atomic E-state index is 0.0408. The summed E-state index contributed by atoms with van der Waals surface area (Å²) in [6.07, 6.45) is 0. The van der Waals surface area contributed by atoms with E-state index in [0.29, 0.717) is 6.54 Å². The van der Waals surface area contributed by atoms with E-state index in [1.54, 1.807) is 0 Å². The quantitative estimate of drug-likeness (QED) is 0.689. The molecule has 3 heteroatoms. The molecule has 0 spiro atoms. The molecule has 2 aromatic carbocycles. The number of rotatable bonds is 4. The fraction of sp³-hybridized carbons (Fsp3) is 0.250. The topological polar surface area (TPSA) is 25.2 Å². The number of benzene rings is 2. The van der Waals surface area contributed by atoms with E-state index in [4.69, 9.17) is 0 Å². The Morgan fingerprint density at radius 1 is 1.04 bits per heavy atom. The average Bonchev–Trinajstić information content (AvgIpc) is 2.90. The van der Waals surface area contributed by atoms with Gasteiger partial charge < -0.3 is 9.47 Å². The van der Waals surface area contributed by atoms with Crippen LogP contribution in [0.25, 0.3) is 10.9 Å². The van der Waals surface area contributed by atoms with Crippen molar-refractivity contribution in [3.05, 3.63) is 65.9 Å². The SMILES string of the molecule is CCN(C(=O)c1ccccc1)c1ccc2c(c1)cc(C)n2CC. The smallest absolute Gasteiger partial charge is 0.258 e. The summed E-state index contributed by atoms with van der Waals surface area (Å²) < 4.78 is 2.29. The normalized spacial score (nSPS) is 10.9. The molecule has 1 aromatic heterocycles. The number of amides is 1. The first-order valence-electron chi connectivity index (χ1n) is 8.12.